The molecule has 564 valence electrons. The van der Waals surface area contributed by atoms with Gasteiger partial charge in [-0.2, -0.15) is 0 Å². The molecule has 15 heteroatoms. The van der Waals surface area contributed by atoms with E-state index in [4.69, 9.17) is 44.9 Å². The molecule has 0 unspecified atom stereocenters. The minimum atomic E-state index is 0.714. The maximum atomic E-state index is 5.44. The zero-order valence-electron chi connectivity index (χ0n) is 64.5. The summed E-state index contributed by atoms with van der Waals surface area (Å²) in [5.74, 6) is 4.67. The Morgan fingerprint density at radius 1 is 0.158 bits per heavy atom. The van der Waals surface area contributed by atoms with Gasteiger partial charge in [-0.25, -0.2) is 44.9 Å². The summed E-state index contributed by atoms with van der Waals surface area (Å²) in [6.07, 6.45) is 5.49. The fourth-order valence-electron chi connectivity index (χ4n) is 16.8. The third-order valence-corrected chi connectivity index (χ3v) is 22.1. The predicted octanol–water partition coefficient (Wildman–Crippen LogP) is 24.6. The number of benzene rings is 14. The Morgan fingerprint density at radius 3 is 0.642 bits per heavy atom. The number of pyridine rings is 3. The monoisotopic (exact) mass is 1540 g/mol. The fraction of sp³-hybridized carbons (Fsp3) is 0. The zero-order valence-corrected chi connectivity index (χ0v) is 64.5. The molecule has 0 bridgehead atoms. The molecule has 120 heavy (non-hydrogen) atoms. The molecule has 0 saturated carbocycles. The van der Waals surface area contributed by atoms with Crippen molar-refractivity contribution in [3.63, 3.8) is 0 Å². The molecule has 23 aromatic rings. The summed E-state index contributed by atoms with van der Waals surface area (Å²) < 4.78 is 13.3. The molecule has 0 aliphatic carbocycles. The van der Waals surface area contributed by atoms with Crippen molar-refractivity contribution in [2.45, 2.75) is 0 Å². The topological polar surface area (TPSA) is 146 Å². The number of imidazole rings is 6. The second-order valence-corrected chi connectivity index (χ2v) is 29.4. The summed E-state index contributed by atoms with van der Waals surface area (Å²) in [5, 5.41) is 0. The number of para-hydroxylation sites is 12. The largest absolute Gasteiger partial charge is 0.292 e. The smallest absolute Gasteiger partial charge is 0.164 e. The average Bonchev–Trinajstić information content (AvgIpc) is 1.54. The predicted molar refractivity (Wildman–Crippen MR) is 483 cm³/mol. The molecular weight excluding hydrogens is 1470 g/mol. The lowest BCUT2D eigenvalue weighted by atomic mass is 10.0. The maximum Gasteiger partial charge on any atom is 0.164 e. The molecule has 0 fully saturated rings. The van der Waals surface area contributed by atoms with Crippen LogP contribution in [0.3, 0.4) is 0 Å². The van der Waals surface area contributed by atoms with Crippen LogP contribution in [0.1, 0.15) is 0 Å². The van der Waals surface area contributed by atoms with Gasteiger partial charge in [0.2, 0.25) is 0 Å². The quantitative estimate of drug-likeness (QED) is 0.0979. The molecule has 0 radical (unpaired) electrons. The third kappa shape index (κ3) is 12.4. The number of rotatable bonds is 15. The molecule has 9 aromatic heterocycles. The highest BCUT2D eigenvalue weighted by Gasteiger charge is 2.28. The lowest BCUT2D eigenvalue weighted by Crippen LogP contribution is -2.04. The maximum absolute atomic E-state index is 5.44. The first-order valence-electron chi connectivity index (χ1n) is 39.9. The molecule has 0 N–H and O–H groups in total. The second kappa shape index (κ2) is 30.0. The van der Waals surface area contributed by atoms with E-state index in [9.17, 15) is 0 Å². The van der Waals surface area contributed by atoms with Crippen LogP contribution in [-0.4, -0.2) is 72.3 Å². The first-order chi connectivity index (χ1) is 59.5. The summed E-state index contributed by atoms with van der Waals surface area (Å²) in [5.41, 5.74) is 28.2. The number of aromatic nitrogens is 15. The molecule has 0 aliphatic heterocycles. The van der Waals surface area contributed by atoms with Gasteiger partial charge < -0.3 is 0 Å². The average molecular weight is 1540 g/mol. The van der Waals surface area contributed by atoms with Gasteiger partial charge in [-0.05, 0) is 180 Å². The van der Waals surface area contributed by atoms with Crippen molar-refractivity contribution in [1.29, 1.82) is 0 Å². The highest BCUT2D eigenvalue weighted by molar-refractivity contribution is 5.94. The van der Waals surface area contributed by atoms with Gasteiger partial charge in [-0.1, -0.05) is 237 Å². The number of fused-ring (bicyclic) bond motifs is 6. The molecule has 0 atom stereocenters. The van der Waals surface area contributed by atoms with E-state index in [0.717, 1.165) is 185 Å². The molecule has 9 heterocycles. The molecule has 0 saturated heterocycles. The fourth-order valence-corrected chi connectivity index (χ4v) is 16.8. The lowest BCUT2D eigenvalue weighted by molar-refractivity contribution is 1.06. The van der Waals surface area contributed by atoms with Gasteiger partial charge in [0.15, 0.2) is 16.9 Å². The molecule has 0 aliphatic rings. The minimum absolute atomic E-state index is 0.714. The summed E-state index contributed by atoms with van der Waals surface area (Å²) in [4.78, 5) is 47.1. The highest BCUT2D eigenvalue weighted by Crippen LogP contribution is 2.44. The minimum Gasteiger partial charge on any atom is -0.292 e. The molecular formula is C105H69N15. The molecule has 0 spiro atoms. The van der Waals surface area contributed by atoms with Crippen molar-refractivity contribution in [3.8, 4) is 136 Å². The highest BCUT2D eigenvalue weighted by atomic mass is 15.2. The van der Waals surface area contributed by atoms with Gasteiger partial charge >= 0.3 is 0 Å². The standard InChI is InChI=1S/C60H39N9.C45H30N6/c1-4-19-40(20-5-1)46-25-10-13-31-52(46)67-55(64-49-28-16-34-61-58(49)67)43-37-44(56-65-50-29-17-35-62-59(50)68(56)53-32-14-11-26-47(53)41-21-6-2-7-22-41)39-45(38-43)57-66-51-30-18-36-63-60(51)69(57)54-33-15-12-27-48(54)42-23-8-3-9-24-42;1-4-16-34(17-5-1)49-40-25-13-10-22-37(40)46-43(49)31-28-32(44-47-38-23-11-14-26-41(38)50(44)35-18-6-2-7-19-35)30-33(29-31)45-48-39-24-12-15-27-42(39)51(45)36-20-8-3-9-21-36/h1-39H;1-30H. The van der Waals surface area contributed by atoms with E-state index >= 15 is 0 Å². The van der Waals surface area contributed by atoms with Gasteiger partial charge in [0.1, 0.15) is 51.5 Å². The zero-order chi connectivity index (χ0) is 79.4. The van der Waals surface area contributed by atoms with Crippen LogP contribution in [-0.2, 0) is 0 Å². The number of hydrogen-bond acceptors (Lipinski definition) is 9. The van der Waals surface area contributed by atoms with Crippen molar-refractivity contribution >= 4 is 66.6 Å². The van der Waals surface area contributed by atoms with E-state index in [1.807, 2.05) is 110 Å². The van der Waals surface area contributed by atoms with Crippen LogP contribution in [0.5, 0.6) is 0 Å². The van der Waals surface area contributed by atoms with E-state index < -0.39 is 0 Å². The molecule has 14 aromatic carbocycles. The first kappa shape index (κ1) is 70.0. The normalized spacial score (nSPS) is 11.5. The van der Waals surface area contributed by atoms with Crippen LogP contribution in [0.4, 0.5) is 0 Å². The molecule has 15 nitrogen and oxygen atoms in total. The van der Waals surface area contributed by atoms with E-state index in [-0.39, 0.29) is 0 Å². The van der Waals surface area contributed by atoms with E-state index in [0.29, 0.717) is 17.5 Å². The van der Waals surface area contributed by atoms with Crippen LogP contribution in [0.15, 0.2) is 419 Å². The summed E-state index contributed by atoms with van der Waals surface area (Å²) >= 11 is 0. The number of nitrogens with zero attached hydrogens (tertiary/aromatic N) is 15. The van der Waals surface area contributed by atoms with Crippen LogP contribution in [0.2, 0.25) is 0 Å². The Hall–Kier alpha value is -16.7. The Morgan fingerprint density at radius 2 is 0.367 bits per heavy atom. The lowest BCUT2D eigenvalue weighted by Gasteiger charge is -2.18. The van der Waals surface area contributed by atoms with Crippen molar-refractivity contribution in [2.24, 2.45) is 0 Å². The third-order valence-electron chi connectivity index (χ3n) is 22.1. The summed E-state index contributed by atoms with van der Waals surface area (Å²) in [6.45, 7) is 0. The number of hydrogen-bond donors (Lipinski definition) is 0. The van der Waals surface area contributed by atoms with Crippen molar-refractivity contribution in [1.82, 2.24) is 72.3 Å². The first-order valence-corrected chi connectivity index (χ1v) is 39.9. The van der Waals surface area contributed by atoms with E-state index in [1.165, 1.54) is 0 Å². The van der Waals surface area contributed by atoms with Gasteiger partial charge in [-0.3, -0.25) is 27.4 Å². The van der Waals surface area contributed by atoms with E-state index in [1.54, 1.807) is 0 Å². The summed E-state index contributed by atoms with van der Waals surface area (Å²) in [7, 11) is 0. The molecule has 23 rings (SSSR count). The van der Waals surface area contributed by atoms with Crippen molar-refractivity contribution in [2.75, 3.05) is 0 Å². The van der Waals surface area contributed by atoms with Crippen molar-refractivity contribution < 1.29 is 0 Å². The van der Waals surface area contributed by atoms with Crippen LogP contribution in [0.25, 0.3) is 202 Å². The van der Waals surface area contributed by atoms with E-state index in [2.05, 4.69) is 337 Å². The Kier molecular flexibility index (Phi) is 17.5. The Bertz CT molecular complexity index is 7020. The Labute approximate surface area is 689 Å². The van der Waals surface area contributed by atoms with Gasteiger partial charge in [-0.15, -0.1) is 0 Å². The van der Waals surface area contributed by atoms with Gasteiger partial charge in [0, 0.05) is 85.7 Å². The van der Waals surface area contributed by atoms with Gasteiger partial charge in [0.25, 0.3) is 0 Å². The van der Waals surface area contributed by atoms with Gasteiger partial charge in [0.05, 0.1) is 50.2 Å². The van der Waals surface area contributed by atoms with Crippen LogP contribution >= 0.6 is 0 Å². The molecule has 0 amide bonds. The summed E-state index contributed by atoms with van der Waals surface area (Å²) in [6, 6.07) is 138. The van der Waals surface area contributed by atoms with Crippen molar-refractivity contribution in [3.05, 3.63) is 419 Å². The SMILES string of the molecule is c1ccc(-c2ccccc2-n2c(-c3cc(-c4nc5cccnc5n4-c4ccccc4-c4ccccc4)cc(-c4nc5cccnc5n4-c4ccccc4-c4ccccc4)c3)nc3cccnc32)cc1.c1ccc(-n2c(-c3cc(-c4nc5ccccc5n4-c4ccccc4)cc(-c4nc5ccccc5n4-c4ccccc4)c3)nc3ccccc32)cc1. The van der Waals surface area contributed by atoms with Crippen LogP contribution < -0.4 is 0 Å². The van der Waals surface area contributed by atoms with Crippen LogP contribution in [0, 0.1) is 0 Å². The Balaban J connectivity index is 0.000000151. The second-order valence-electron chi connectivity index (χ2n) is 29.4.